The molecule has 19 heavy (non-hydrogen) atoms. The summed E-state index contributed by atoms with van der Waals surface area (Å²) < 4.78 is 17.6. The van der Waals surface area contributed by atoms with E-state index in [0.29, 0.717) is 12.6 Å². The summed E-state index contributed by atoms with van der Waals surface area (Å²) in [5.41, 5.74) is -0.121. The minimum Gasteiger partial charge on any atom is -0.379 e. The molecule has 0 saturated carbocycles. The molecule has 0 aromatic rings. The van der Waals surface area contributed by atoms with Crippen LogP contribution in [0.4, 0.5) is 0 Å². The van der Waals surface area contributed by atoms with Crippen molar-refractivity contribution in [2.24, 2.45) is 0 Å². The molecule has 4 nitrogen and oxygen atoms in total. The van der Waals surface area contributed by atoms with Gasteiger partial charge >= 0.3 is 0 Å². The van der Waals surface area contributed by atoms with Gasteiger partial charge in [-0.3, -0.25) is 0 Å². The van der Waals surface area contributed by atoms with Crippen molar-refractivity contribution in [1.82, 2.24) is 4.90 Å². The molecular formula is C15H29NO3. The topological polar surface area (TPSA) is 30.9 Å². The SMILES string of the molecule is CN1CCC[C@H]1C(COC1CCOC1)OC(C)(C)C. The lowest BCUT2D eigenvalue weighted by Gasteiger charge is -2.34. The van der Waals surface area contributed by atoms with Crippen LogP contribution in [0.2, 0.25) is 0 Å². The Kier molecular flexibility index (Phi) is 5.23. The number of rotatable bonds is 5. The highest BCUT2D eigenvalue weighted by molar-refractivity contribution is 4.86. The van der Waals surface area contributed by atoms with Crippen molar-refractivity contribution in [3.63, 3.8) is 0 Å². The van der Waals surface area contributed by atoms with Crippen LogP contribution in [0.15, 0.2) is 0 Å². The van der Waals surface area contributed by atoms with Gasteiger partial charge in [-0.2, -0.15) is 0 Å². The monoisotopic (exact) mass is 271 g/mol. The van der Waals surface area contributed by atoms with Gasteiger partial charge in [-0.25, -0.2) is 0 Å². The first-order chi connectivity index (χ1) is 8.96. The average molecular weight is 271 g/mol. The van der Waals surface area contributed by atoms with Gasteiger partial charge in [0.15, 0.2) is 0 Å². The van der Waals surface area contributed by atoms with Crippen molar-refractivity contribution in [3.05, 3.63) is 0 Å². The van der Waals surface area contributed by atoms with Crippen LogP contribution in [0.5, 0.6) is 0 Å². The first kappa shape index (κ1) is 15.2. The Hall–Kier alpha value is -0.160. The highest BCUT2D eigenvalue weighted by Gasteiger charge is 2.33. The normalized spacial score (nSPS) is 30.9. The molecule has 112 valence electrons. The van der Waals surface area contributed by atoms with Crippen molar-refractivity contribution >= 4 is 0 Å². The molecule has 2 aliphatic rings. The van der Waals surface area contributed by atoms with E-state index in [-0.39, 0.29) is 17.8 Å². The van der Waals surface area contributed by atoms with E-state index in [9.17, 15) is 0 Å². The third-order valence-corrected chi connectivity index (χ3v) is 3.90. The van der Waals surface area contributed by atoms with Gasteiger partial charge in [0.05, 0.1) is 31.0 Å². The van der Waals surface area contributed by atoms with Crippen molar-refractivity contribution in [3.8, 4) is 0 Å². The molecule has 2 heterocycles. The van der Waals surface area contributed by atoms with Crippen molar-refractivity contribution in [1.29, 1.82) is 0 Å². The van der Waals surface area contributed by atoms with E-state index >= 15 is 0 Å². The molecule has 2 saturated heterocycles. The number of nitrogens with zero attached hydrogens (tertiary/aromatic N) is 1. The molecular weight excluding hydrogens is 242 g/mol. The third-order valence-electron chi connectivity index (χ3n) is 3.90. The van der Waals surface area contributed by atoms with Crippen LogP contribution in [-0.4, -0.2) is 62.2 Å². The predicted octanol–water partition coefficient (Wildman–Crippen LogP) is 2.07. The number of likely N-dealkylation sites (tertiary alicyclic amines) is 1. The van der Waals surface area contributed by atoms with Crippen molar-refractivity contribution in [2.45, 2.75) is 63.9 Å². The summed E-state index contributed by atoms with van der Waals surface area (Å²) in [6.45, 7) is 9.78. The Morgan fingerprint density at radius 3 is 2.63 bits per heavy atom. The number of ether oxygens (including phenoxy) is 3. The minimum absolute atomic E-state index is 0.121. The fraction of sp³-hybridized carbons (Fsp3) is 1.00. The zero-order chi connectivity index (χ0) is 13.9. The summed E-state index contributed by atoms with van der Waals surface area (Å²) in [4.78, 5) is 2.41. The number of likely N-dealkylation sites (N-methyl/N-ethyl adjacent to an activating group) is 1. The zero-order valence-corrected chi connectivity index (χ0v) is 12.9. The van der Waals surface area contributed by atoms with Gasteiger partial charge in [-0.15, -0.1) is 0 Å². The summed E-state index contributed by atoms with van der Waals surface area (Å²) >= 11 is 0. The summed E-state index contributed by atoms with van der Waals surface area (Å²) in [5, 5.41) is 0. The van der Waals surface area contributed by atoms with Gasteiger partial charge in [0.2, 0.25) is 0 Å². The van der Waals surface area contributed by atoms with E-state index in [2.05, 4.69) is 32.7 Å². The van der Waals surface area contributed by atoms with E-state index in [0.717, 1.165) is 19.6 Å². The Morgan fingerprint density at radius 1 is 1.32 bits per heavy atom. The Morgan fingerprint density at radius 2 is 2.11 bits per heavy atom. The molecule has 4 heteroatoms. The molecule has 2 unspecified atom stereocenters. The molecule has 0 aliphatic carbocycles. The van der Waals surface area contributed by atoms with E-state index < -0.39 is 0 Å². The maximum absolute atomic E-state index is 6.24. The molecule has 0 spiro atoms. The first-order valence-electron chi connectivity index (χ1n) is 7.53. The molecule has 0 radical (unpaired) electrons. The van der Waals surface area contributed by atoms with Crippen LogP contribution in [0.25, 0.3) is 0 Å². The van der Waals surface area contributed by atoms with Gasteiger partial charge in [0.25, 0.3) is 0 Å². The Balaban J connectivity index is 1.89. The van der Waals surface area contributed by atoms with Gasteiger partial charge in [-0.05, 0) is 53.6 Å². The van der Waals surface area contributed by atoms with E-state index in [1.165, 1.54) is 19.4 Å². The molecule has 0 aromatic carbocycles. The average Bonchev–Trinajstić information content (AvgIpc) is 2.93. The van der Waals surface area contributed by atoms with Crippen LogP contribution < -0.4 is 0 Å². The van der Waals surface area contributed by atoms with E-state index in [1.54, 1.807) is 0 Å². The lowest BCUT2D eigenvalue weighted by molar-refractivity contribution is -0.126. The second-order valence-corrected chi connectivity index (χ2v) is 6.78. The quantitative estimate of drug-likeness (QED) is 0.766. The summed E-state index contributed by atoms with van der Waals surface area (Å²) in [6, 6.07) is 0.488. The van der Waals surface area contributed by atoms with Crippen molar-refractivity contribution in [2.75, 3.05) is 33.4 Å². The standard InChI is InChI=1S/C15H29NO3/c1-15(2,3)19-14(13-6-5-8-16(13)4)11-18-12-7-9-17-10-12/h12-14H,5-11H2,1-4H3/t12?,13-,14?/m0/s1. The molecule has 3 atom stereocenters. The lowest BCUT2D eigenvalue weighted by atomic mass is 10.1. The highest BCUT2D eigenvalue weighted by Crippen LogP contribution is 2.24. The summed E-state index contributed by atoms with van der Waals surface area (Å²) in [6.07, 6.45) is 3.91. The van der Waals surface area contributed by atoms with Gasteiger partial charge in [0, 0.05) is 12.6 Å². The second-order valence-electron chi connectivity index (χ2n) is 6.78. The summed E-state index contributed by atoms with van der Waals surface area (Å²) in [7, 11) is 2.19. The van der Waals surface area contributed by atoms with Gasteiger partial charge in [0.1, 0.15) is 0 Å². The molecule has 2 rings (SSSR count). The van der Waals surface area contributed by atoms with Gasteiger partial charge < -0.3 is 19.1 Å². The smallest absolute Gasteiger partial charge is 0.0970 e. The van der Waals surface area contributed by atoms with E-state index in [4.69, 9.17) is 14.2 Å². The van der Waals surface area contributed by atoms with Crippen LogP contribution >= 0.6 is 0 Å². The fourth-order valence-electron chi connectivity index (χ4n) is 2.96. The second kappa shape index (κ2) is 6.53. The molecule has 0 aromatic heterocycles. The first-order valence-corrected chi connectivity index (χ1v) is 7.53. The highest BCUT2D eigenvalue weighted by atomic mass is 16.6. The third kappa shape index (κ3) is 4.71. The maximum Gasteiger partial charge on any atom is 0.0970 e. The van der Waals surface area contributed by atoms with E-state index in [1.807, 2.05) is 0 Å². The molecule has 0 amide bonds. The number of hydrogen-bond acceptors (Lipinski definition) is 4. The minimum atomic E-state index is -0.121. The molecule has 2 aliphatic heterocycles. The molecule has 0 bridgehead atoms. The van der Waals surface area contributed by atoms with Gasteiger partial charge in [-0.1, -0.05) is 0 Å². The molecule has 2 fully saturated rings. The zero-order valence-electron chi connectivity index (χ0n) is 12.9. The maximum atomic E-state index is 6.24. The lowest BCUT2D eigenvalue weighted by Crippen LogP contribution is -2.45. The fourth-order valence-corrected chi connectivity index (χ4v) is 2.96. The summed E-state index contributed by atoms with van der Waals surface area (Å²) in [5.74, 6) is 0. The largest absolute Gasteiger partial charge is 0.379 e. The van der Waals surface area contributed by atoms with Crippen LogP contribution in [0.3, 0.4) is 0 Å². The van der Waals surface area contributed by atoms with Crippen molar-refractivity contribution < 1.29 is 14.2 Å². The van der Waals surface area contributed by atoms with Crippen LogP contribution in [0.1, 0.15) is 40.0 Å². The number of hydrogen-bond donors (Lipinski definition) is 0. The molecule has 0 N–H and O–H groups in total. The van der Waals surface area contributed by atoms with Crippen LogP contribution in [-0.2, 0) is 14.2 Å². The Labute approximate surface area is 117 Å². The Bertz CT molecular complexity index is 271. The van der Waals surface area contributed by atoms with Crippen LogP contribution in [0, 0.1) is 0 Å². The predicted molar refractivity (Wildman–Crippen MR) is 75.5 cm³/mol.